The van der Waals surface area contributed by atoms with E-state index in [0.29, 0.717) is 25.3 Å². The number of aliphatic hydroxyl groups excluding tert-OH is 1. The van der Waals surface area contributed by atoms with E-state index in [2.05, 4.69) is 47.6 Å². The average Bonchev–Trinajstić information content (AvgIpc) is 2.92. The summed E-state index contributed by atoms with van der Waals surface area (Å²) in [7, 11) is 1.35. The Morgan fingerprint density at radius 3 is 2.82 bits per heavy atom. The van der Waals surface area contributed by atoms with Gasteiger partial charge in [-0.3, -0.25) is 14.5 Å². The van der Waals surface area contributed by atoms with Gasteiger partial charge in [0, 0.05) is 38.8 Å². The Hall–Kier alpha value is -3.64. The SMILES string of the molecule is CO/N=C(/C)C(=O)N1CCC(Nc2cc(C(=O)NC[C@H](O)CN3CCc4ccccc4C3)ncn2)C(F)C1. The van der Waals surface area contributed by atoms with Gasteiger partial charge >= 0.3 is 0 Å². The quantitative estimate of drug-likeness (QED) is 0.325. The monoisotopic (exact) mass is 527 g/mol. The number of benzene rings is 1. The highest BCUT2D eigenvalue weighted by Crippen LogP contribution is 2.20. The Balaban J connectivity index is 1.25. The fraction of sp³-hybridized carbons (Fsp3) is 0.500. The number of amides is 2. The molecule has 2 aromatic rings. The smallest absolute Gasteiger partial charge is 0.271 e. The molecule has 1 aromatic carbocycles. The molecule has 2 aliphatic heterocycles. The molecule has 3 atom stereocenters. The fourth-order valence-corrected chi connectivity index (χ4v) is 4.78. The minimum Gasteiger partial charge on any atom is -0.399 e. The maximum atomic E-state index is 14.9. The molecule has 0 spiro atoms. The molecule has 12 heteroatoms. The standard InChI is InChI=1S/C26H34FN7O4/c1-17(32-38-2)26(37)34-10-8-22(21(27)15-34)31-24-11-23(29-16-30-24)25(36)28-12-20(35)14-33-9-7-18-5-3-4-6-19(18)13-33/h3-6,11,16,20-22,35H,7-10,12-15H2,1-2H3,(H,28,36)(H,29,30,31)/b32-17-/t20-,21?,22?/m0/s1. The van der Waals surface area contributed by atoms with Crippen LogP contribution in [0.2, 0.25) is 0 Å². The van der Waals surface area contributed by atoms with Crippen LogP contribution in [0.4, 0.5) is 10.2 Å². The number of carbonyl (C=O) groups excluding carboxylic acids is 2. The van der Waals surface area contributed by atoms with E-state index in [1.807, 2.05) is 12.1 Å². The van der Waals surface area contributed by atoms with Crippen molar-refractivity contribution >= 4 is 23.3 Å². The van der Waals surface area contributed by atoms with E-state index in [1.165, 1.54) is 42.5 Å². The van der Waals surface area contributed by atoms with E-state index in [4.69, 9.17) is 0 Å². The first kappa shape index (κ1) is 27.4. The van der Waals surface area contributed by atoms with Crippen molar-refractivity contribution in [1.29, 1.82) is 0 Å². The Morgan fingerprint density at radius 1 is 1.26 bits per heavy atom. The van der Waals surface area contributed by atoms with Crippen LogP contribution in [0.5, 0.6) is 0 Å². The summed E-state index contributed by atoms with van der Waals surface area (Å²) in [5.41, 5.74) is 2.86. The third-order valence-electron chi connectivity index (χ3n) is 6.78. The number of hydrogen-bond donors (Lipinski definition) is 3. The number of aromatic nitrogens is 2. The van der Waals surface area contributed by atoms with Crippen LogP contribution in [0.3, 0.4) is 0 Å². The third kappa shape index (κ3) is 7.01. The molecule has 4 rings (SSSR count). The number of nitrogens with zero attached hydrogens (tertiary/aromatic N) is 5. The summed E-state index contributed by atoms with van der Waals surface area (Å²) in [6, 6.07) is 9.15. The summed E-state index contributed by atoms with van der Waals surface area (Å²) in [5.74, 6) is -0.521. The predicted octanol–water partition coefficient (Wildman–Crippen LogP) is 0.999. The summed E-state index contributed by atoms with van der Waals surface area (Å²) in [6.45, 7) is 3.91. The zero-order valence-corrected chi connectivity index (χ0v) is 21.6. The van der Waals surface area contributed by atoms with Crippen molar-refractivity contribution in [3.05, 3.63) is 53.5 Å². The molecule has 1 aromatic heterocycles. The van der Waals surface area contributed by atoms with Gasteiger partial charge in [-0.05, 0) is 30.9 Å². The molecule has 2 amide bonds. The second-order valence-electron chi connectivity index (χ2n) is 9.57. The van der Waals surface area contributed by atoms with Crippen molar-refractivity contribution in [2.75, 3.05) is 45.2 Å². The number of piperidine rings is 1. The number of halogens is 1. The number of oxime groups is 1. The lowest BCUT2D eigenvalue weighted by atomic mass is 10.00. The van der Waals surface area contributed by atoms with Gasteiger partial charge in [-0.2, -0.15) is 0 Å². The molecule has 3 heterocycles. The van der Waals surface area contributed by atoms with Crippen LogP contribution in [0.1, 0.15) is 35.0 Å². The van der Waals surface area contributed by atoms with Crippen LogP contribution >= 0.6 is 0 Å². The van der Waals surface area contributed by atoms with Crippen molar-refractivity contribution in [3.63, 3.8) is 0 Å². The molecule has 0 radical (unpaired) electrons. The van der Waals surface area contributed by atoms with E-state index >= 15 is 0 Å². The van der Waals surface area contributed by atoms with Gasteiger partial charge < -0.3 is 25.5 Å². The average molecular weight is 528 g/mol. The lowest BCUT2D eigenvalue weighted by Crippen LogP contribution is -2.51. The molecule has 3 N–H and O–H groups in total. The van der Waals surface area contributed by atoms with E-state index in [1.54, 1.807) is 0 Å². The maximum absolute atomic E-state index is 14.9. The minimum absolute atomic E-state index is 0.0780. The molecule has 0 saturated carbocycles. The number of alkyl halides is 1. The van der Waals surface area contributed by atoms with Crippen molar-refractivity contribution in [2.24, 2.45) is 5.16 Å². The number of fused-ring (bicyclic) bond motifs is 1. The minimum atomic E-state index is -1.34. The summed E-state index contributed by atoms with van der Waals surface area (Å²) >= 11 is 0. The number of nitrogens with one attached hydrogen (secondary N) is 2. The van der Waals surface area contributed by atoms with Gasteiger partial charge in [0.1, 0.15) is 36.8 Å². The molecule has 0 bridgehead atoms. The van der Waals surface area contributed by atoms with E-state index in [0.717, 1.165) is 19.5 Å². The van der Waals surface area contributed by atoms with Gasteiger partial charge in [0.15, 0.2) is 0 Å². The summed E-state index contributed by atoms with van der Waals surface area (Å²) in [5, 5.41) is 19.8. The molecule has 2 aliphatic rings. The van der Waals surface area contributed by atoms with Crippen molar-refractivity contribution in [1.82, 2.24) is 25.1 Å². The number of rotatable bonds is 9. The zero-order chi connectivity index (χ0) is 27.1. The normalized spacial score (nSPS) is 20.8. The molecular formula is C26H34FN7O4. The molecule has 1 fully saturated rings. The number of β-amino-alcohol motifs (C(OH)–C–C–N with tert-alkyl or cyclic N) is 1. The summed E-state index contributed by atoms with van der Waals surface area (Å²) in [4.78, 5) is 41.3. The van der Waals surface area contributed by atoms with E-state index in [9.17, 15) is 19.1 Å². The van der Waals surface area contributed by atoms with Gasteiger partial charge in [0.25, 0.3) is 11.8 Å². The predicted molar refractivity (Wildman–Crippen MR) is 139 cm³/mol. The first-order valence-electron chi connectivity index (χ1n) is 12.7. The van der Waals surface area contributed by atoms with Crippen LogP contribution in [0.25, 0.3) is 0 Å². The first-order chi connectivity index (χ1) is 18.3. The van der Waals surface area contributed by atoms with Crippen molar-refractivity contribution in [2.45, 2.75) is 44.6 Å². The molecule has 2 unspecified atom stereocenters. The van der Waals surface area contributed by atoms with Crippen LogP contribution in [0.15, 0.2) is 41.8 Å². The molecule has 204 valence electrons. The van der Waals surface area contributed by atoms with Crippen LogP contribution in [0, 0.1) is 0 Å². The highest BCUT2D eigenvalue weighted by Gasteiger charge is 2.32. The summed E-state index contributed by atoms with van der Waals surface area (Å²) in [6.07, 6.45) is 0.442. The Bertz CT molecular complexity index is 1160. The van der Waals surface area contributed by atoms with Gasteiger partial charge in [0.2, 0.25) is 0 Å². The first-order valence-corrected chi connectivity index (χ1v) is 12.7. The fourth-order valence-electron chi connectivity index (χ4n) is 4.78. The van der Waals surface area contributed by atoms with Crippen molar-refractivity contribution < 1.29 is 23.9 Å². The lowest BCUT2D eigenvalue weighted by molar-refractivity contribution is -0.126. The Labute approximate surface area is 221 Å². The second kappa shape index (κ2) is 12.7. The zero-order valence-electron chi connectivity index (χ0n) is 21.6. The lowest BCUT2D eigenvalue weighted by Gasteiger charge is -2.35. The highest BCUT2D eigenvalue weighted by atomic mass is 19.1. The Morgan fingerprint density at radius 2 is 2.05 bits per heavy atom. The number of aliphatic hydroxyl groups is 1. The van der Waals surface area contributed by atoms with Crippen LogP contribution < -0.4 is 10.6 Å². The highest BCUT2D eigenvalue weighted by molar-refractivity contribution is 6.37. The van der Waals surface area contributed by atoms with E-state index in [-0.39, 0.29) is 30.4 Å². The molecular weight excluding hydrogens is 493 g/mol. The summed E-state index contributed by atoms with van der Waals surface area (Å²) < 4.78 is 14.9. The number of likely N-dealkylation sites (tertiary alicyclic amines) is 1. The Kier molecular flexibility index (Phi) is 9.19. The largest absolute Gasteiger partial charge is 0.399 e. The van der Waals surface area contributed by atoms with Gasteiger partial charge in [-0.15, -0.1) is 0 Å². The van der Waals surface area contributed by atoms with E-state index < -0.39 is 24.2 Å². The second-order valence-corrected chi connectivity index (χ2v) is 9.57. The number of anilines is 1. The van der Waals surface area contributed by atoms with Gasteiger partial charge in [-0.25, -0.2) is 14.4 Å². The van der Waals surface area contributed by atoms with Crippen LogP contribution in [-0.2, 0) is 22.6 Å². The number of hydrogen-bond acceptors (Lipinski definition) is 9. The molecule has 38 heavy (non-hydrogen) atoms. The maximum Gasteiger partial charge on any atom is 0.271 e. The molecule has 1 saturated heterocycles. The third-order valence-corrected chi connectivity index (χ3v) is 6.78. The number of carbonyl (C=O) groups is 2. The van der Waals surface area contributed by atoms with Crippen LogP contribution in [-0.4, -0.2) is 101 Å². The topological polar surface area (TPSA) is 132 Å². The van der Waals surface area contributed by atoms with Gasteiger partial charge in [-0.1, -0.05) is 29.4 Å². The molecule has 11 nitrogen and oxygen atoms in total. The van der Waals surface area contributed by atoms with Crippen molar-refractivity contribution in [3.8, 4) is 0 Å². The molecule has 0 aliphatic carbocycles. The van der Waals surface area contributed by atoms with Gasteiger partial charge in [0.05, 0.1) is 18.7 Å².